The fraction of sp³-hybridized carbons (Fsp3) is 0.0909. The fourth-order valence-electron chi connectivity index (χ4n) is 1.61. The van der Waals surface area contributed by atoms with Crippen molar-refractivity contribution in [3.05, 3.63) is 35.9 Å². The lowest BCUT2D eigenvalue weighted by atomic mass is 10.0. The van der Waals surface area contributed by atoms with E-state index in [1.54, 1.807) is 0 Å². The summed E-state index contributed by atoms with van der Waals surface area (Å²) in [5, 5.41) is 2.22. The molecule has 0 amide bonds. The van der Waals surface area contributed by atoms with E-state index >= 15 is 0 Å². The van der Waals surface area contributed by atoms with Crippen molar-refractivity contribution >= 4 is 22.1 Å². The Morgan fingerprint density at radius 3 is 2.31 bits per heavy atom. The minimum atomic E-state index is 0.663. The topological polar surface area (TPSA) is 52.0 Å². The molecular weight excluding hydrogens is 160 g/mol. The molecule has 0 aliphatic rings. The van der Waals surface area contributed by atoms with Crippen LogP contribution >= 0.6 is 0 Å². The van der Waals surface area contributed by atoms with Crippen molar-refractivity contribution in [2.75, 3.05) is 11.5 Å². The molecule has 66 valence electrons. The zero-order valence-corrected chi connectivity index (χ0v) is 7.54. The second-order valence-corrected chi connectivity index (χ2v) is 3.24. The van der Waals surface area contributed by atoms with Gasteiger partial charge < -0.3 is 11.5 Å². The van der Waals surface area contributed by atoms with Gasteiger partial charge in [-0.2, -0.15) is 0 Å². The molecule has 0 saturated heterocycles. The first-order valence-corrected chi connectivity index (χ1v) is 4.23. The Morgan fingerprint density at radius 1 is 1.00 bits per heavy atom. The van der Waals surface area contributed by atoms with Crippen LogP contribution in [0, 0.1) is 6.92 Å². The summed E-state index contributed by atoms with van der Waals surface area (Å²) in [7, 11) is 0. The summed E-state index contributed by atoms with van der Waals surface area (Å²) < 4.78 is 0. The molecule has 2 heteroatoms. The highest BCUT2D eigenvalue weighted by molar-refractivity contribution is 6.00. The third-order valence-electron chi connectivity index (χ3n) is 2.33. The Morgan fingerprint density at radius 2 is 1.62 bits per heavy atom. The molecule has 13 heavy (non-hydrogen) atoms. The monoisotopic (exact) mass is 172 g/mol. The van der Waals surface area contributed by atoms with Crippen LogP contribution in [0.15, 0.2) is 30.3 Å². The van der Waals surface area contributed by atoms with Crippen molar-refractivity contribution in [1.29, 1.82) is 0 Å². The Kier molecular flexibility index (Phi) is 1.62. The Bertz CT molecular complexity index is 461. The van der Waals surface area contributed by atoms with Gasteiger partial charge >= 0.3 is 0 Å². The Labute approximate surface area is 77.2 Å². The van der Waals surface area contributed by atoms with Crippen molar-refractivity contribution < 1.29 is 0 Å². The standard InChI is InChI=1S/C11H12N2/c1-7-6-10(12)11(13)9-5-3-2-4-8(7)9/h2-6H,12-13H2,1H3. The van der Waals surface area contributed by atoms with Gasteiger partial charge in [-0.15, -0.1) is 0 Å². The molecule has 0 radical (unpaired) electrons. The maximum Gasteiger partial charge on any atom is 0.0627 e. The first-order chi connectivity index (χ1) is 6.20. The second-order valence-electron chi connectivity index (χ2n) is 3.24. The minimum Gasteiger partial charge on any atom is -0.397 e. The van der Waals surface area contributed by atoms with E-state index < -0.39 is 0 Å². The molecule has 0 heterocycles. The van der Waals surface area contributed by atoms with Crippen LogP contribution in [0.3, 0.4) is 0 Å². The van der Waals surface area contributed by atoms with E-state index in [4.69, 9.17) is 11.5 Å². The fourth-order valence-corrected chi connectivity index (χ4v) is 1.61. The summed E-state index contributed by atoms with van der Waals surface area (Å²) in [6.45, 7) is 2.04. The molecule has 0 spiro atoms. The van der Waals surface area contributed by atoms with E-state index in [2.05, 4.69) is 6.07 Å². The van der Waals surface area contributed by atoms with Gasteiger partial charge in [0.05, 0.1) is 11.4 Å². The van der Waals surface area contributed by atoms with Gasteiger partial charge in [0, 0.05) is 5.39 Å². The van der Waals surface area contributed by atoms with E-state index in [0.29, 0.717) is 11.4 Å². The average molecular weight is 172 g/mol. The third-order valence-corrected chi connectivity index (χ3v) is 2.33. The summed E-state index contributed by atoms with van der Waals surface area (Å²) in [6.07, 6.45) is 0. The molecule has 2 aromatic rings. The van der Waals surface area contributed by atoms with Crippen LogP contribution in [0.2, 0.25) is 0 Å². The molecule has 2 aromatic carbocycles. The van der Waals surface area contributed by atoms with Gasteiger partial charge in [-0.3, -0.25) is 0 Å². The van der Waals surface area contributed by atoms with Gasteiger partial charge in [-0.05, 0) is 23.9 Å². The second kappa shape index (κ2) is 2.66. The molecule has 2 rings (SSSR count). The molecule has 0 fully saturated rings. The lowest BCUT2D eigenvalue weighted by molar-refractivity contribution is 1.53. The number of hydrogen-bond donors (Lipinski definition) is 2. The minimum absolute atomic E-state index is 0.663. The molecule has 2 nitrogen and oxygen atoms in total. The molecule has 4 N–H and O–H groups in total. The maximum atomic E-state index is 5.86. The quantitative estimate of drug-likeness (QED) is 0.599. The number of nitrogens with two attached hydrogens (primary N) is 2. The molecule has 0 saturated carbocycles. The van der Waals surface area contributed by atoms with E-state index in [0.717, 1.165) is 5.39 Å². The Hall–Kier alpha value is -1.70. The average Bonchev–Trinajstić information content (AvgIpc) is 2.15. The Balaban J connectivity index is 2.97. The van der Waals surface area contributed by atoms with Crippen LogP contribution in [-0.2, 0) is 0 Å². The number of nitrogen functional groups attached to an aromatic ring is 2. The van der Waals surface area contributed by atoms with Crippen LogP contribution in [0.1, 0.15) is 5.56 Å². The highest BCUT2D eigenvalue weighted by Crippen LogP contribution is 2.29. The van der Waals surface area contributed by atoms with Crippen LogP contribution in [0.5, 0.6) is 0 Å². The molecule has 0 aromatic heterocycles. The van der Waals surface area contributed by atoms with Crippen LogP contribution in [0.4, 0.5) is 11.4 Å². The van der Waals surface area contributed by atoms with Gasteiger partial charge in [0.25, 0.3) is 0 Å². The van der Waals surface area contributed by atoms with Crippen molar-refractivity contribution in [2.45, 2.75) is 6.92 Å². The molecule has 0 atom stereocenters. The van der Waals surface area contributed by atoms with E-state index in [1.807, 2.05) is 31.2 Å². The van der Waals surface area contributed by atoms with Crippen molar-refractivity contribution in [3.8, 4) is 0 Å². The third kappa shape index (κ3) is 1.11. The SMILES string of the molecule is Cc1cc(N)c(N)c2ccccc12. The number of rotatable bonds is 0. The lowest BCUT2D eigenvalue weighted by Gasteiger charge is -2.07. The summed E-state index contributed by atoms with van der Waals surface area (Å²) >= 11 is 0. The van der Waals surface area contributed by atoms with E-state index in [9.17, 15) is 0 Å². The van der Waals surface area contributed by atoms with Crippen LogP contribution in [-0.4, -0.2) is 0 Å². The summed E-state index contributed by atoms with van der Waals surface area (Å²) in [6, 6.07) is 9.94. The van der Waals surface area contributed by atoms with E-state index in [1.165, 1.54) is 10.9 Å². The number of aryl methyl sites for hydroxylation is 1. The number of fused-ring (bicyclic) bond motifs is 1. The number of anilines is 2. The first-order valence-electron chi connectivity index (χ1n) is 4.23. The zero-order valence-electron chi connectivity index (χ0n) is 7.54. The predicted octanol–water partition coefficient (Wildman–Crippen LogP) is 2.31. The number of benzene rings is 2. The predicted molar refractivity (Wildman–Crippen MR) is 57.5 cm³/mol. The maximum absolute atomic E-state index is 5.86. The van der Waals surface area contributed by atoms with Crippen molar-refractivity contribution in [3.63, 3.8) is 0 Å². The zero-order chi connectivity index (χ0) is 9.42. The molecule has 0 unspecified atom stereocenters. The highest BCUT2D eigenvalue weighted by Gasteiger charge is 2.03. The van der Waals surface area contributed by atoms with Gasteiger partial charge in [0.15, 0.2) is 0 Å². The number of hydrogen-bond acceptors (Lipinski definition) is 2. The molecular formula is C11H12N2. The molecule has 0 aliphatic carbocycles. The smallest absolute Gasteiger partial charge is 0.0627 e. The normalized spacial score (nSPS) is 10.5. The van der Waals surface area contributed by atoms with Crippen molar-refractivity contribution in [2.24, 2.45) is 0 Å². The summed E-state index contributed by atoms with van der Waals surface area (Å²) in [5.41, 5.74) is 14.1. The molecule has 0 bridgehead atoms. The van der Waals surface area contributed by atoms with Crippen LogP contribution < -0.4 is 11.5 Å². The first kappa shape index (κ1) is 7.92. The van der Waals surface area contributed by atoms with Gasteiger partial charge in [-0.1, -0.05) is 24.3 Å². The molecule has 0 aliphatic heterocycles. The van der Waals surface area contributed by atoms with Crippen molar-refractivity contribution in [1.82, 2.24) is 0 Å². The van der Waals surface area contributed by atoms with Gasteiger partial charge in [0.2, 0.25) is 0 Å². The van der Waals surface area contributed by atoms with Gasteiger partial charge in [0.1, 0.15) is 0 Å². The lowest BCUT2D eigenvalue weighted by Crippen LogP contribution is -1.96. The summed E-state index contributed by atoms with van der Waals surface area (Å²) in [4.78, 5) is 0. The van der Waals surface area contributed by atoms with Gasteiger partial charge in [-0.25, -0.2) is 0 Å². The van der Waals surface area contributed by atoms with E-state index in [-0.39, 0.29) is 0 Å². The van der Waals surface area contributed by atoms with Crippen LogP contribution in [0.25, 0.3) is 10.8 Å². The largest absolute Gasteiger partial charge is 0.397 e. The summed E-state index contributed by atoms with van der Waals surface area (Å²) in [5.74, 6) is 0. The highest BCUT2D eigenvalue weighted by atomic mass is 14.7.